The molecule has 10 heteroatoms. The fraction of sp³-hybridized carbons (Fsp3) is 0.519. The quantitative estimate of drug-likeness (QED) is 0.0463. The lowest BCUT2D eigenvalue weighted by atomic mass is 10.0. The first-order chi connectivity index (χ1) is 31.2. The van der Waals surface area contributed by atoms with E-state index in [1.54, 1.807) is 21.6 Å². The average Bonchev–Trinajstić information content (AvgIpc) is 3.34. The van der Waals surface area contributed by atoms with Gasteiger partial charge < -0.3 is 29.4 Å². The maximum absolute atomic E-state index is 15.0. The van der Waals surface area contributed by atoms with Gasteiger partial charge in [0.25, 0.3) is 11.8 Å². The first kappa shape index (κ1) is 53.0. The van der Waals surface area contributed by atoms with Crippen molar-refractivity contribution in [2.24, 2.45) is 0 Å². The minimum Gasteiger partial charge on any atom is -0.339 e. The second-order valence-corrected chi connectivity index (χ2v) is 18.6. The van der Waals surface area contributed by atoms with E-state index in [1.807, 2.05) is 24.3 Å². The summed E-state index contributed by atoms with van der Waals surface area (Å²) < 4.78 is 0. The standard InChI is InChI=1S/C54H80N6O2S2/c1-9-55(10-2)35-23-39-59(40-24-36-56(11-3)12-4)53(61)49-33-31-47(45-27-19-17-20-28-45)43-51(49)63-64-52-44-48(46-29-21-18-22-30-46)32-34-50(52)54(62)60(41-25-37-57(13-5)14-6)42-26-38-58(15-7)16-8/h17-22,27-34,43-44H,9-16,23-26,35-42H2,1-8H3. The number of nitrogens with zero attached hydrogens (tertiary/aromatic N) is 6. The van der Waals surface area contributed by atoms with Crippen LogP contribution in [0.1, 0.15) is 102 Å². The molecule has 0 aliphatic heterocycles. The van der Waals surface area contributed by atoms with E-state index in [-0.39, 0.29) is 11.8 Å². The normalized spacial score (nSPS) is 11.6. The number of rotatable bonds is 31. The molecular weight excluding hydrogens is 829 g/mol. The molecule has 2 amide bonds. The molecule has 4 aromatic rings. The minimum absolute atomic E-state index is 0.0729. The Morgan fingerprint density at radius 1 is 0.359 bits per heavy atom. The van der Waals surface area contributed by atoms with Crippen LogP contribution in [-0.2, 0) is 0 Å². The zero-order chi connectivity index (χ0) is 46.1. The number of carbonyl (C=O) groups is 2. The van der Waals surface area contributed by atoms with Crippen LogP contribution in [-0.4, -0.2) is 146 Å². The highest BCUT2D eigenvalue weighted by Gasteiger charge is 2.24. The summed E-state index contributed by atoms with van der Waals surface area (Å²) >= 11 is 0. The van der Waals surface area contributed by atoms with Gasteiger partial charge in [-0.1, -0.05) is 150 Å². The molecule has 0 radical (unpaired) electrons. The van der Waals surface area contributed by atoms with Crippen LogP contribution < -0.4 is 0 Å². The molecule has 0 atom stereocenters. The van der Waals surface area contributed by atoms with Gasteiger partial charge in [-0.05, 0) is 151 Å². The molecular formula is C54H80N6O2S2. The van der Waals surface area contributed by atoms with Crippen LogP contribution in [0.5, 0.6) is 0 Å². The number of hydrogen-bond donors (Lipinski definition) is 0. The van der Waals surface area contributed by atoms with Crippen molar-refractivity contribution in [2.75, 3.05) is 105 Å². The Kier molecular flexibility index (Phi) is 24.7. The van der Waals surface area contributed by atoms with Gasteiger partial charge in [-0.3, -0.25) is 9.59 Å². The molecule has 0 aromatic heterocycles. The Morgan fingerprint density at radius 2 is 0.641 bits per heavy atom. The fourth-order valence-electron chi connectivity index (χ4n) is 8.32. The van der Waals surface area contributed by atoms with Crippen molar-refractivity contribution in [3.8, 4) is 22.3 Å². The summed E-state index contributed by atoms with van der Waals surface area (Å²) in [7, 11) is 3.20. The van der Waals surface area contributed by atoms with Gasteiger partial charge in [-0.25, -0.2) is 0 Å². The number of carbonyl (C=O) groups excluding carboxylic acids is 2. The van der Waals surface area contributed by atoms with Crippen molar-refractivity contribution >= 4 is 33.4 Å². The highest BCUT2D eigenvalue weighted by atomic mass is 33.1. The lowest BCUT2D eigenvalue weighted by molar-refractivity contribution is 0.0730. The number of benzene rings is 4. The average molecular weight is 909 g/mol. The molecule has 4 rings (SSSR count). The third kappa shape index (κ3) is 16.7. The van der Waals surface area contributed by atoms with Gasteiger partial charge in [-0.2, -0.15) is 0 Å². The molecule has 0 spiro atoms. The van der Waals surface area contributed by atoms with E-state index in [2.05, 4.69) is 158 Å². The summed E-state index contributed by atoms with van der Waals surface area (Å²) in [6.45, 7) is 32.4. The van der Waals surface area contributed by atoms with Gasteiger partial charge in [0, 0.05) is 36.0 Å². The van der Waals surface area contributed by atoms with Crippen molar-refractivity contribution in [3.63, 3.8) is 0 Å². The minimum atomic E-state index is 0.0729. The van der Waals surface area contributed by atoms with Crippen LogP contribution in [0.3, 0.4) is 0 Å². The van der Waals surface area contributed by atoms with Crippen molar-refractivity contribution in [3.05, 3.63) is 108 Å². The van der Waals surface area contributed by atoms with Gasteiger partial charge in [0.1, 0.15) is 0 Å². The van der Waals surface area contributed by atoms with E-state index in [0.29, 0.717) is 37.3 Å². The van der Waals surface area contributed by atoms with Crippen molar-refractivity contribution in [1.82, 2.24) is 29.4 Å². The largest absolute Gasteiger partial charge is 0.339 e. The van der Waals surface area contributed by atoms with E-state index in [4.69, 9.17) is 0 Å². The number of hydrogen-bond acceptors (Lipinski definition) is 8. The molecule has 0 bridgehead atoms. The van der Waals surface area contributed by atoms with E-state index < -0.39 is 0 Å². The van der Waals surface area contributed by atoms with Gasteiger partial charge in [0.2, 0.25) is 0 Å². The van der Waals surface area contributed by atoms with E-state index >= 15 is 0 Å². The van der Waals surface area contributed by atoms with Gasteiger partial charge in [-0.15, -0.1) is 0 Å². The second-order valence-electron chi connectivity index (χ2n) is 16.4. The monoisotopic (exact) mass is 909 g/mol. The predicted octanol–water partition coefficient (Wildman–Crippen LogP) is 11.6. The molecule has 0 aliphatic rings. The smallest absolute Gasteiger partial charge is 0.255 e. The van der Waals surface area contributed by atoms with Gasteiger partial charge in [0.05, 0.1) is 11.1 Å². The third-order valence-corrected chi connectivity index (χ3v) is 15.1. The summed E-state index contributed by atoms with van der Waals surface area (Å²) in [5, 5.41) is 0. The second kappa shape index (κ2) is 29.8. The van der Waals surface area contributed by atoms with Gasteiger partial charge >= 0.3 is 0 Å². The first-order valence-electron chi connectivity index (χ1n) is 24.4. The summed E-state index contributed by atoms with van der Waals surface area (Å²) in [6, 6.07) is 33.5. The molecule has 350 valence electrons. The molecule has 0 fully saturated rings. The molecule has 0 heterocycles. The summed E-state index contributed by atoms with van der Waals surface area (Å²) in [4.78, 5) is 45.7. The Morgan fingerprint density at radius 3 is 0.906 bits per heavy atom. The SMILES string of the molecule is CCN(CC)CCCN(CCCN(CC)CC)C(=O)c1ccc(-c2ccccc2)cc1SSc1cc(-c2ccccc2)ccc1C(=O)N(CCCN(CC)CC)CCCN(CC)CC. The van der Waals surface area contributed by atoms with Crippen molar-refractivity contribution < 1.29 is 9.59 Å². The highest BCUT2D eigenvalue weighted by Crippen LogP contribution is 2.44. The Bertz CT molecular complexity index is 1740. The fourth-order valence-corrected chi connectivity index (χ4v) is 10.7. The Hall–Kier alpha value is -3.64. The molecule has 8 nitrogen and oxygen atoms in total. The van der Waals surface area contributed by atoms with Gasteiger partial charge in [0.15, 0.2) is 0 Å². The molecule has 0 saturated carbocycles. The highest BCUT2D eigenvalue weighted by molar-refractivity contribution is 8.76. The predicted molar refractivity (Wildman–Crippen MR) is 277 cm³/mol. The zero-order valence-electron chi connectivity index (χ0n) is 40.7. The summed E-state index contributed by atoms with van der Waals surface area (Å²) in [5.41, 5.74) is 5.77. The van der Waals surface area contributed by atoms with Crippen LogP contribution >= 0.6 is 21.6 Å². The topological polar surface area (TPSA) is 53.6 Å². The van der Waals surface area contributed by atoms with Crippen molar-refractivity contribution in [1.29, 1.82) is 0 Å². The zero-order valence-corrected chi connectivity index (χ0v) is 42.3. The molecule has 4 aromatic carbocycles. The lowest BCUT2D eigenvalue weighted by Gasteiger charge is -2.27. The maximum Gasteiger partial charge on any atom is 0.255 e. The van der Waals surface area contributed by atoms with E-state index in [9.17, 15) is 9.59 Å². The van der Waals surface area contributed by atoms with Crippen LogP contribution in [0, 0.1) is 0 Å². The molecule has 0 saturated heterocycles. The van der Waals surface area contributed by atoms with Crippen LogP contribution in [0.15, 0.2) is 107 Å². The van der Waals surface area contributed by atoms with Crippen LogP contribution in [0.4, 0.5) is 0 Å². The molecule has 0 N–H and O–H groups in total. The Labute approximate surface area is 396 Å². The Balaban J connectivity index is 1.75. The lowest BCUT2D eigenvalue weighted by Crippen LogP contribution is -2.37. The van der Waals surface area contributed by atoms with E-state index in [1.165, 1.54) is 0 Å². The van der Waals surface area contributed by atoms with Crippen molar-refractivity contribution in [2.45, 2.75) is 90.9 Å². The number of amides is 2. The van der Waals surface area contributed by atoms with Crippen LogP contribution in [0.25, 0.3) is 22.3 Å². The van der Waals surface area contributed by atoms with Crippen LogP contribution in [0.2, 0.25) is 0 Å². The molecule has 0 unspecified atom stereocenters. The molecule has 0 aliphatic carbocycles. The maximum atomic E-state index is 15.0. The third-order valence-electron chi connectivity index (χ3n) is 12.6. The summed E-state index contributed by atoms with van der Waals surface area (Å²) in [5.74, 6) is 0.146. The molecule has 64 heavy (non-hydrogen) atoms. The first-order valence-corrected chi connectivity index (χ1v) is 26.6. The summed E-state index contributed by atoms with van der Waals surface area (Å²) in [6.07, 6.45) is 3.71. The van der Waals surface area contributed by atoms with E-state index in [0.717, 1.165) is 136 Å².